The van der Waals surface area contributed by atoms with Gasteiger partial charge in [0.05, 0.1) is 6.04 Å². The van der Waals surface area contributed by atoms with Gasteiger partial charge in [-0.25, -0.2) is 0 Å². The van der Waals surface area contributed by atoms with Crippen LogP contribution in [0.15, 0.2) is 24.3 Å². The molecule has 19 heavy (non-hydrogen) atoms. The van der Waals surface area contributed by atoms with Crippen LogP contribution in [0.5, 0.6) is 0 Å². The van der Waals surface area contributed by atoms with Crippen molar-refractivity contribution in [1.29, 1.82) is 0 Å². The average molecular weight is 301 g/mol. The lowest BCUT2D eigenvalue weighted by Gasteiger charge is -2.25. The molecular weight excluding hydrogens is 280 g/mol. The Morgan fingerprint density at radius 1 is 1.47 bits per heavy atom. The quantitative estimate of drug-likeness (QED) is 0.893. The average Bonchev–Trinajstić information content (AvgIpc) is 2.43. The highest BCUT2D eigenvalue weighted by molar-refractivity contribution is 7.99. The number of nitrogens with one attached hydrogen (secondary N) is 2. The molecule has 1 aliphatic rings. The lowest BCUT2D eigenvalue weighted by Crippen LogP contribution is -2.48. The van der Waals surface area contributed by atoms with Gasteiger partial charge < -0.3 is 10.6 Å². The summed E-state index contributed by atoms with van der Waals surface area (Å²) in [6, 6.07) is 8.22. The first-order chi connectivity index (χ1) is 8.70. The Bertz CT molecular complexity index is 428. The van der Waals surface area contributed by atoms with Gasteiger partial charge in [-0.05, 0) is 23.8 Å². The first-order valence-electron chi connectivity index (χ1n) is 6.31. The Balaban J connectivity index is 0.00000180. The molecular formula is C14H21ClN2OS. The van der Waals surface area contributed by atoms with Gasteiger partial charge in [-0.2, -0.15) is 11.8 Å². The third-order valence-electron chi connectivity index (χ3n) is 3.36. The molecule has 2 rings (SSSR count). The first kappa shape index (κ1) is 16.3. The highest BCUT2D eigenvalue weighted by atomic mass is 35.5. The van der Waals surface area contributed by atoms with Gasteiger partial charge in [-0.15, -0.1) is 12.4 Å². The van der Waals surface area contributed by atoms with E-state index in [1.165, 1.54) is 11.1 Å². The van der Waals surface area contributed by atoms with Gasteiger partial charge >= 0.3 is 0 Å². The molecule has 0 aromatic heterocycles. The lowest BCUT2D eigenvalue weighted by molar-refractivity contribution is -0.123. The Labute approximate surface area is 125 Å². The monoisotopic (exact) mass is 300 g/mol. The van der Waals surface area contributed by atoms with E-state index in [1.807, 2.05) is 12.1 Å². The summed E-state index contributed by atoms with van der Waals surface area (Å²) in [6.45, 7) is 3.64. The number of carbonyl (C=O) groups is 1. The van der Waals surface area contributed by atoms with Crippen molar-refractivity contribution < 1.29 is 4.79 Å². The highest BCUT2D eigenvalue weighted by Gasteiger charge is 2.23. The maximum atomic E-state index is 12.0. The van der Waals surface area contributed by atoms with E-state index in [4.69, 9.17) is 0 Å². The van der Waals surface area contributed by atoms with Gasteiger partial charge in [0.15, 0.2) is 0 Å². The molecule has 1 aliphatic heterocycles. The molecule has 5 heteroatoms. The van der Waals surface area contributed by atoms with Crippen molar-refractivity contribution in [2.75, 3.05) is 12.8 Å². The minimum Gasteiger partial charge on any atom is -0.354 e. The molecule has 0 fully saturated rings. The predicted molar refractivity (Wildman–Crippen MR) is 84.0 cm³/mol. The van der Waals surface area contributed by atoms with Gasteiger partial charge in [-0.3, -0.25) is 4.79 Å². The van der Waals surface area contributed by atoms with E-state index in [9.17, 15) is 4.79 Å². The Kier molecular flexibility index (Phi) is 6.69. The summed E-state index contributed by atoms with van der Waals surface area (Å²) in [7, 11) is 0. The summed E-state index contributed by atoms with van der Waals surface area (Å²) < 4.78 is 0. The molecule has 1 aromatic rings. The zero-order chi connectivity index (χ0) is 13.0. The molecule has 0 saturated heterocycles. The second kappa shape index (κ2) is 7.78. The van der Waals surface area contributed by atoms with Crippen LogP contribution in [0.4, 0.5) is 0 Å². The van der Waals surface area contributed by atoms with Crippen molar-refractivity contribution in [2.45, 2.75) is 31.2 Å². The predicted octanol–water partition coefficient (Wildman–Crippen LogP) is 1.99. The second-order valence-electron chi connectivity index (χ2n) is 4.70. The fraction of sp³-hybridized carbons (Fsp3) is 0.500. The minimum absolute atomic E-state index is 0. The van der Waals surface area contributed by atoms with Gasteiger partial charge in [0.2, 0.25) is 5.91 Å². The van der Waals surface area contributed by atoms with E-state index >= 15 is 0 Å². The normalized spacial score (nSPS) is 18.9. The zero-order valence-electron chi connectivity index (χ0n) is 11.3. The van der Waals surface area contributed by atoms with E-state index < -0.39 is 0 Å². The minimum atomic E-state index is -0.0889. The molecule has 2 N–H and O–H groups in total. The molecule has 106 valence electrons. The van der Waals surface area contributed by atoms with Gasteiger partial charge in [0.25, 0.3) is 0 Å². The SMILES string of the molecule is CSC(C)CNC(=O)C1Cc2ccccc2CN1.Cl. The van der Waals surface area contributed by atoms with Crippen molar-refractivity contribution in [3.8, 4) is 0 Å². The largest absolute Gasteiger partial charge is 0.354 e. The molecule has 3 nitrogen and oxygen atoms in total. The lowest BCUT2D eigenvalue weighted by atomic mass is 9.95. The van der Waals surface area contributed by atoms with E-state index in [-0.39, 0.29) is 24.4 Å². The van der Waals surface area contributed by atoms with Crippen molar-refractivity contribution >= 4 is 30.1 Å². The van der Waals surface area contributed by atoms with E-state index in [1.54, 1.807) is 11.8 Å². The summed E-state index contributed by atoms with van der Waals surface area (Å²) in [5.41, 5.74) is 2.59. The van der Waals surface area contributed by atoms with Crippen molar-refractivity contribution in [1.82, 2.24) is 10.6 Å². The highest BCUT2D eigenvalue weighted by Crippen LogP contribution is 2.16. The maximum absolute atomic E-state index is 12.0. The molecule has 2 unspecified atom stereocenters. The van der Waals surface area contributed by atoms with Crippen molar-refractivity contribution in [3.63, 3.8) is 0 Å². The molecule has 2 atom stereocenters. The van der Waals surface area contributed by atoms with Crippen LogP contribution < -0.4 is 10.6 Å². The number of rotatable bonds is 4. The summed E-state index contributed by atoms with van der Waals surface area (Å²) in [4.78, 5) is 12.0. The number of benzene rings is 1. The molecule has 1 amide bonds. The third kappa shape index (κ3) is 4.41. The summed E-state index contributed by atoms with van der Waals surface area (Å²) in [6.07, 6.45) is 2.85. The van der Waals surface area contributed by atoms with E-state index in [2.05, 4.69) is 35.9 Å². The van der Waals surface area contributed by atoms with Crippen LogP contribution in [-0.4, -0.2) is 30.0 Å². The molecule has 0 saturated carbocycles. The standard InChI is InChI=1S/C14H20N2OS.ClH/c1-10(18-2)8-16-14(17)13-7-11-5-3-4-6-12(11)9-15-13;/h3-6,10,13,15H,7-9H2,1-2H3,(H,16,17);1H. The summed E-state index contributed by atoms with van der Waals surface area (Å²) >= 11 is 1.77. The van der Waals surface area contributed by atoms with Crippen LogP contribution in [0.25, 0.3) is 0 Å². The Morgan fingerprint density at radius 2 is 2.16 bits per heavy atom. The van der Waals surface area contributed by atoms with Crippen LogP contribution in [0.2, 0.25) is 0 Å². The van der Waals surface area contributed by atoms with Crippen LogP contribution in [0.1, 0.15) is 18.1 Å². The fourth-order valence-corrected chi connectivity index (χ4v) is 2.34. The van der Waals surface area contributed by atoms with Crippen LogP contribution in [-0.2, 0) is 17.8 Å². The molecule has 1 aromatic carbocycles. The van der Waals surface area contributed by atoms with Crippen LogP contribution >= 0.6 is 24.2 Å². The number of hydrogen-bond acceptors (Lipinski definition) is 3. The molecule has 1 heterocycles. The number of carbonyl (C=O) groups excluding carboxylic acids is 1. The molecule has 0 bridgehead atoms. The van der Waals surface area contributed by atoms with Gasteiger partial charge in [-0.1, -0.05) is 31.2 Å². The zero-order valence-corrected chi connectivity index (χ0v) is 12.9. The number of thioether (sulfide) groups is 1. The Morgan fingerprint density at radius 3 is 2.84 bits per heavy atom. The van der Waals surface area contributed by atoms with Gasteiger partial charge in [0.1, 0.15) is 0 Å². The number of halogens is 1. The molecule has 0 spiro atoms. The Hall–Kier alpha value is -0.710. The van der Waals surface area contributed by atoms with Crippen LogP contribution in [0.3, 0.4) is 0 Å². The van der Waals surface area contributed by atoms with Crippen molar-refractivity contribution in [3.05, 3.63) is 35.4 Å². The summed E-state index contributed by atoms with van der Waals surface area (Å²) in [5.74, 6) is 0.116. The third-order valence-corrected chi connectivity index (χ3v) is 4.34. The molecule has 0 aliphatic carbocycles. The maximum Gasteiger partial charge on any atom is 0.237 e. The van der Waals surface area contributed by atoms with E-state index in [0.717, 1.165) is 19.5 Å². The summed E-state index contributed by atoms with van der Waals surface area (Å²) in [5, 5.41) is 6.77. The number of amides is 1. The van der Waals surface area contributed by atoms with Crippen molar-refractivity contribution in [2.24, 2.45) is 0 Å². The number of fused-ring (bicyclic) bond motifs is 1. The molecule has 0 radical (unpaired) electrons. The van der Waals surface area contributed by atoms with Gasteiger partial charge in [0, 0.05) is 18.3 Å². The topological polar surface area (TPSA) is 41.1 Å². The number of hydrogen-bond donors (Lipinski definition) is 2. The fourth-order valence-electron chi connectivity index (χ4n) is 2.09. The first-order valence-corrected chi connectivity index (χ1v) is 7.60. The smallest absolute Gasteiger partial charge is 0.237 e. The van der Waals surface area contributed by atoms with Crippen LogP contribution in [0, 0.1) is 0 Å². The van der Waals surface area contributed by atoms with E-state index in [0.29, 0.717) is 5.25 Å². The second-order valence-corrected chi connectivity index (χ2v) is 5.97.